The number of carbonyl (C=O) groups is 1. The molecule has 0 fully saturated rings. The van der Waals surface area contributed by atoms with Crippen LogP contribution in [-0.2, 0) is 4.79 Å². The predicted molar refractivity (Wildman–Crippen MR) is 135 cm³/mol. The fraction of sp³-hybridized carbons (Fsp3) is 0.192. The smallest absolute Gasteiger partial charge is 0.234 e. The molecule has 7 nitrogen and oxygen atoms in total. The number of ether oxygens (including phenoxy) is 2. The van der Waals surface area contributed by atoms with E-state index in [-0.39, 0.29) is 11.7 Å². The van der Waals surface area contributed by atoms with E-state index in [4.69, 9.17) is 9.47 Å². The molecule has 174 valence electrons. The van der Waals surface area contributed by atoms with Crippen molar-refractivity contribution in [2.45, 2.75) is 19.0 Å². The van der Waals surface area contributed by atoms with Gasteiger partial charge in [0.05, 0.1) is 20.0 Å². The standard InChI is InChI=1S/C26H26N4O3S/c1-17-10-11-18(2)21(14-17)27-24(31)16-34-26-29-28-25(30(26)20-8-6-5-7-9-20)19-12-13-22(32-3)23(15-19)33-4/h5-15H,16H2,1-4H3,(H,27,31). The molecule has 0 aliphatic rings. The van der Waals surface area contributed by atoms with Crippen LogP contribution in [0.4, 0.5) is 5.69 Å². The second-order valence-corrected chi connectivity index (χ2v) is 8.64. The average molecular weight is 475 g/mol. The highest BCUT2D eigenvalue weighted by molar-refractivity contribution is 7.99. The van der Waals surface area contributed by atoms with E-state index in [1.807, 2.05) is 85.1 Å². The van der Waals surface area contributed by atoms with Crippen LogP contribution in [0, 0.1) is 13.8 Å². The highest BCUT2D eigenvalue weighted by Crippen LogP contribution is 2.34. The molecule has 0 atom stereocenters. The zero-order valence-corrected chi connectivity index (χ0v) is 20.3. The average Bonchev–Trinajstić information content (AvgIpc) is 3.29. The van der Waals surface area contributed by atoms with E-state index in [0.29, 0.717) is 22.5 Å². The molecule has 0 unspecified atom stereocenters. The number of nitrogens with zero attached hydrogens (tertiary/aromatic N) is 3. The fourth-order valence-corrected chi connectivity index (χ4v) is 4.27. The number of aryl methyl sites for hydroxylation is 2. The quantitative estimate of drug-likeness (QED) is 0.349. The third kappa shape index (κ3) is 5.07. The first-order valence-electron chi connectivity index (χ1n) is 10.7. The Labute approximate surface area is 203 Å². The van der Waals surface area contributed by atoms with E-state index < -0.39 is 0 Å². The molecule has 1 aromatic heterocycles. The number of methoxy groups -OCH3 is 2. The highest BCUT2D eigenvalue weighted by atomic mass is 32.2. The van der Waals surface area contributed by atoms with Crippen molar-refractivity contribution in [2.75, 3.05) is 25.3 Å². The van der Waals surface area contributed by atoms with Crippen LogP contribution in [0.5, 0.6) is 11.5 Å². The number of amides is 1. The predicted octanol–water partition coefficient (Wildman–Crippen LogP) is 5.30. The summed E-state index contributed by atoms with van der Waals surface area (Å²) in [7, 11) is 3.20. The molecule has 1 amide bonds. The molecular weight excluding hydrogens is 448 g/mol. The summed E-state index contributed by atoms with van der Waals surface area (Å²) in [4.78, 5) is 12.7. The van der Waals surface area contributed by atoms with Gasteiger partial charge in [-0.15, -0.1) is 10.2 Å². The van der Waals surface area contributed by atoms with Crippen LogP contribution in [-0.4, -0.2) is 40.6 Å². The van der Waals surface area contributed by atoms with Gasteiger partial charge >= 0.3 is 0 Å². The van der Waals surface area contributed by atoms with Crippen LogP contribution in [0.2, 0.25) is 0 Å². The Morgan fingerprint density at radius 2 is 1.71 bits per heavy atom. The minimum absolute atomic E-state index is 0.103. The Balaban J connectivity index is 1.63. The number of thioether (sulfide) groups is 1. The van der Waals surface area contributed by atoms with Gasteiger partial charge in [-0.05, 0) is 61.4 Å². The van der Waals surface area contributed by atoms with Crippen molar-refractivity contribution in [1.82, 2.24) is 14.8 Å². The number of aromatic nitrogens is 3. The minimum atomic E-state index is -0.103. The van der Waals surface area contributed by atoms with E-state index in [1.165, 1.54) is 11.8 Å². The molecule has 34 heavy (non-hydrogen) atoms. The molecule has 0 aliphatic carbocycles. The summed E-state index contributed by atoms with van der Waals surface area (Å²) in [6, 6.07) is 21.4. The maximum absolute atomic E-state index is 12.7. The van der Waals surface area contributed by atoms with Crippen molar-refractivity contribution in [3.63, 3.8) is 0 Å². The number of nitrogens with one attached hydrogen (secondary N) is 1. The largest absolute Gasteiger partial charge is 0.493 e. The van der Waals surface area contributed by atoms with Gasteiger partial charge in [0, 0.05) is 16.9 Å². The highest BCUT2D eigenvalue weighted by Gasteiger charge is 2.19. The van der Waals surface area contributed by atoms with Crippen LogP contribution in [0.15, 0.2) is 71.9 Å². The lowest BCUT2D eigenvalue weighted by Crippen LogP contribution is -2.15. The van der Waals surface area contributed by atoms with E-state index in [0.717, 1.165) is 28.1 Å². The second kappa shape index (κ2) is 10.4. The van der Waals surface area contributed by atoms with Gasteiger partial charge in [0.15, 0.2) is 22.5 Å². The Morgan fingerprint density at radius 1 is 0.941 bits per heavy atom. The Bertz CT molecular complexity index is 1300. The molecule has 0 radical (unpaired) electrons. The number of hydrogen-bond donors (Lipinski definition) is 1. The van der Waals surface area contributed by atoms with E-state index in [2.05, 4.69) is 15.5 Å². The fourth-order valence-electron chi connectivity index (χ4n) is 3.52. The third-order valence-electron chi connectivity index (χ3n) is 5.29. The molecule has 1 heterocycles. The van der Waals surface area contributed by atoms with Crippen LogP contribution in [0.1, 0.15) is 11.1 Å². The lowest BCUT2D eigenvalue weighted by Gasteiger charge is -2.13. The Hall–Kier alpha value is -3.78. The normalized spacial score (nSPS) is 10.7. The van der Waals surface area contributed by atoms with Gasteiger partial charge in [-0.1, -0.05) is 42.1 Å². The van der Waals surface area contributed by atoms with E-state index >= 15 is 0 Å². The number of carbonyl (C=O) groups excluding carboxylic acids is 1. The summed E-state index contributed by atoms with van der Waals surface area (Å²) in [5.41, 5.74) is 4.65. The summed E-state index contributed by atoms with van der Waals surface area (Å²) in [5, 5.41) is 12.5. The molecule has 0 aliphatic heterocycles. The number of anilines is 1. The van der Waals surface area contributed by atoms with Gasteiger partial charge in [-0.3, -0.25) is 9.36 Å². The van der Waals surface area contributed by atoms with Crippen LogP contribution in [0.3, 0.4) is 0 Å². The van der Waals surface area contributed by atoms with Crippen molar-refractivity contribution in [2.24, 2.45) is 0 Å². The number of hydrogen-bond acceptors (Lipinski definition) is 6. The third-order valence-corrected chi connectivity index (χ3v) is 6.22. The van der Waals surface area contributed by atoms with E-state index in [1.54, 1.807) is 14.2 Å². The molecule has 0 saturated carbocycles. The summed E-state index contributed by atoms with van der Waals surface area (Å²) >= 11 is 1.33. The number of para-hydroxylation sites is 1. The maximum Gasteiger partial charge on any atom is 0.234 e. The molecule has 0 bridgehead atoms. The summed E-state index contributed by atoms with van der Waals surface area (Å²) < 4.78 is 12.8. The second-order valence-electron chi connectivity index (χ2n) is 7.70. The SMILES string of the molecule is COc1ccc(-c2nnc(SCC(=O)Nc3cc(C)ccc3C)n2-c2ccccc2)cc1OC. The maximum atomic E-state index is 12.7. The lowest BCUT2D eigenvalue weighted by atomic mass is 10.1. The van der Waals surface area contributed by atoms with Gasteiger partial charge in [0.2, 0.25) is 5.91 Å². The number of rotatable bonds is 8. The van der Waals surface area contributed by atoms with Crippen LogP contribution >= 0.6 is 11.8 Å². The number of benzene rings is 3. The molecular formula is C26H26N4O3S. The molecule has 4 rings (SSSR count). The molecule has 8 heteroatoms. The zero-order chi connectivity index (χ0) is 24.1. The minimum Gasteiger partial charge on any atom is -0.493 e. The summed E-state index contributed by atoms with van der Waals surface area (Å²) in [5.74, 6) is 1.97. The van der Waals surface area contributed by atoms with E-state index in [9.17, 15) is 4.79 Å². The van der Waals surface area contributed by atoms with Gasteiger partial charge in [0.1, 0.15) is 0 Å². The van der Waals surface area contributed by atoms with Crippen molar-refractivity contribution in [1.29, 1.82) is 0 Å². The molecule has 0 spiro atoms. The molecule has 4 aromatic rings. The van der Waals surface area contributed by atoms with Gasteiger partial charge < -0.3 is 14.8 Å². The first-order valence-corrected chi connectivity index (χ1v) is 11.7. The first kappa shape index (κ1) is 23.4. The van der Waals surface area contributed by atoms with Crippen molar-refractivity contribution >= 4 is 23.4 Å². The van der Waals surface area contributed by atoms with Gasteiger partial charge in [0.25, 0.3) is 0 Å². The monoisotopic (exact) mass is 474 g/mol. The molecule has 0 saturated heterocycles. The Kier molecular flexibility index (Phi) is 7.18. The van der Waals surface area contributed by atoms with Gasteiger partial charge in [-0.2, -0.15) is 0 Å². The first-order chi connectivity index (χ1) is 16.5. The van der Waals surface area contributed by atoms with Crippen LogP contribution < -0.4 is 14.8 Å². The Morgan fingerprint density at radius 3 is 2.44 bits per heavy atom. The molecule has 3 aromatic carbocycles. The van der Waals surface area contributed by atoms with Crippen molar-refractivity contribution in [3.05, 3.63) is 77.9 Å². The topological polar surface area (TPSA) is 78.3 Å². The summed E-state index contributed by atoms with van der Waals surface area (Å²) in [6.45, 7) is 3.98. The van der Waals surface area contributed by atoms with Gasteiger partial charge in [-0.25, -0.2) is 0 Å². The van der Waals surface area contributed by atoms with Crippen LogP contribution in [0.25, 0.3) is 17.1 Å². The lowest BCUT2D eigenvalue weighted by molar-refractivity contribution is -0.113. The van der Waals surface area contributed by atoms with Crippen molar-refractivity contribution < 1.29 is 14.3 Å². The van der Waals surface area contributed by atoms with Crippen molar-refractivity contribution in [3.8, 4) is 28.6 Å². The molecule has 1 N–H and O–H groups in total. The zero-order valence-electron chi connectivity index (χ0n) is 19.5. The summed E-state index contributed by atoms with van der Waals surface area (Å²) in [6.07, 6.45) is 0.